The fourth-order valence-electron chi connectivity index (χ4n) is 4.70. The number of nitrogens with two attached hydrogens (primary N) is 1. The number of imidazole rings is 1. The molecular weight excluding hydrogens is 527 g/mol. The number of carbonyl (C=O) groups is 2. The second-order valence-corrected chi connectivity index (χ2v) is 9.51. The molecule has 2 unspecified atom stereocenters. The number of amides is 2. The Hall–Kier alpha value is -4.68. The van der Waals surface area contributed by atoms with Crippen LogP contribution in [0.4, 0.5) is 29.6 Å². The van der Waals surface area contributed by atoms with E-state index < -0.39 is 17.6 Å². The number of hydrogen-bond donors (Lipinski definition) is 2. The molecule has 0 aliphatic carbocycles. The van der Waals surface area contributed by atoms with Gasteiger partial charge in [-0.2, -0.15) is 13.2 Å². The number of carbonyl (C=O) groups excluding carboxylic acids is 2. The Morgan fingerprint density at radius 2 is 1.95 bits per heavy atom. The Morgan fingerprint density at radius 1 is 1.20 bits per heavy atom. The van der Waals surface area contributed by atoms with E-state index in [9.17, 15) is 22.8 Å². The number of aromatic nitrogens is 4. The average molecular weight is 554 g/mol. The molecule has 0 bridgehead atoms. The minimum atomic E-state index is -4.56. The molecule has 1 saturated heterocycles. The maximum absolute atomic E-state index is 13.0. The Bertz CT molecular complexity index is 1570. The first-order chi connectivity index (χ1) is 19.0. The molecule has 4 heterocycles. The van der Waals surface area contributed by atoms with Crippen LogP contribution in [0.2, 0.25) is 0 Å². The van der Waals surface area contributed by atoms with Gasteiger partial charge in [-0.1, -0.05) is 19.1 Å². The maximum atomic E-state index is 13.0. The van der Waals surface area contributed by atoms with Crippen LogP contribution in [0.3, 0.4) is 0 Å². The van der Waals surface area contributed by atoms with Crippen molar-refractivity contribution in [3.05, 3.63) is 71.9 Å². The topological polar surface area (TPSA) is 128 Å². The lowest BCUT2D eigenvalue weighted by molar-refractivity contribution is -0.137. The van der Waals surface area contributed by atoms with Crippen LogP contribution in [-0.4, -0.2) is 55.4 Å². The fraction of sp³-hybridized carbons (Fsp3) is 0.296. The van der Waals surface area contributed by atoms with Gasteiger partial charge in [0.25, 0.3) is 5.91 Å². The molecule has 2 atom stereocenters. The van der Waals surface area contributed by atoms with Crippen LogP contribution in [0.5, 0.6) is 0 Å². The number of halogens is 3. The third-order valence-corrected chi connectivity index (χ3v) is 6.70. The van der Waals surface area contributed by atoms with E-state index in [2.05, 4.69) is 15.3 Å². The number of cyclic esters (lactones) is 1. The van der Waals surface area contributed by atoms with Crippen LogP contribution in [0.15, 0.2) is 55.0 Å². The monoisotopic (exact) mass is 553 g/mol. The first kappa shape index (κ1) is 26.9. The Balaban J connectivity index is 1.43. The van der Waals surface area contributed by atoms with Crippen molar-refractivity contribution >= 4 is 29.2 Å². The van der Waals surface area contributed by atoms with Crippen molar-refractivity contribution in [3.8, 4) is 11.3 Å². The predicted octanol–water partition coefficient (Wildman–Crippen LogP) is 4.98. The van der Waals surface area contributed by atoms with Gasteiger partial charge in [-0.3, -0.25) is 9.20 Å². The lowest BCUT2D eigenvalue weighted by Crippen LogP contribution is -2.30. The second kappa shape index (κ2) is 10.5. The Kier molecular flexibility index (Phi) is 7.04. The normalized spacial score (nSPS) is 16.3. The van der Waals surface area contributed by atoms with E-state index in [0.29, 0.717) is 42.1 Å². The van der Waals surface area contributed by atoms with Gasteiger partial charge in [0.1, 0.15) is 34.8 Å². The van der Waals surface area contributed by atoms with E-state index in [-0.39, 0.29) is 35.3 Å². The average Bonchev–Trinajstić information content (AvgIpc) is 3.46. The van der Waals surface area contributed by atoms with Gasteiger partial charge in [-0.15, -0.1) is 0 Å². The number of ether oxygens (including phenoxy) is 1. The maximum Gasteiger partial charge on any atom is 0.416 e. The molecular formula is C27H26F3N7O3. The van der Waals surface area contributed by atoms with Gasteiger partial charge in [0.05, 0.1) is 12.1 Å². The van der Waals surface area contributed by atoms with Crippen LogP contribution in [0.1, 0.15) is 47.9 Å². The van der Waals surface area contributed by atoms with Crippen LogP contribution in [0.25, 0.3) is 16.8 Å². The predicted molar refractivity (Wildman–Crippen MR) is 141 cm³/mol. The molecule has 1 aromatic carbocycles. The standard InChI is InChI=1S/C27H26F3N7O3/c1-3-16(14-36-13-15(2)40-26(36)39)24-35-21(22-23(31)33-10-11-37(22)24)17-4-6-18(7-5-17)25(38)34-20-12-19(8-9-32-20)27(28,29)30/h4-12,15-16H,3,13-14H2,1-2H3,(H2,31,33)(H,32,34,38). The molecule has 3 aromatic heterocycles. The zero-order valence-electron chi connectivity index (χ0n) is 21.6. The van der Waals surface area contributed by atoms with Gasteiger partial charge in [-0.25, -0.2) is 19.7 Å². The summed E-state index contributed by atoms with van der Waals surface area (Å²) >= 11 is 0. The largest absolute Gasteiger partial charge is 0.445 e. The third kappa shape index (κ3) is 5.26. The smallest absolute Gasteiger partial charge is 0.416 e. The zero-order valence-corrected chi connectivity index (χ0v) is 21.6. The van der Waals surface area contributed by atoms with Crippen molar-refractivity contribution in [2.75, 3.05) is 24.1 Å². The molecule has 208 valence electrons. The number of rotatable bonds is 7. The second-order valence-electron chi connectivity index (χ2n) is 9.51. The third-order valence-electron chi connectivity index (χ3n) is 6.70. The number of nitrogens with one attached hydrogen (secondary N) is 1. The van der Waals surface area contributed by atoms with Crippen LogP contribution in [0, 0.1) is 0 Å². The summed E-state index contributed by atoms with van der Waals surface area (Å²) in [4.78, 5) is 39.5. The van der Waals surface area contributed by atoms with Crippen molar-refractivity contribution in [3.63, 3.8) is 0 Å². The van der Waals surface area contributed by atoms with Crippen LogP contribution in [-0.2, 0) is 10.9 Å². The molecule has 5 rings (SSSR count). The van der Waals surface area contributed by atoms with Crippen molar-refractivity contribution in [2.24, 2.45) is 0 Å². The number of nitrogens with zero attached hydrogens (tertiary/aromatic N) is 5. The van der Waals surface area contributed by atoms with Crippen molar-refractivity contribution < 1.29 is 27.5 Å². The summed E-state index contributed by atoms with van der Waals surface area (Å²) in [7, 11) is 0. The van der Waals surface area contributed by atoms with Gasteiger partial charge in [-0.05, 0) is 37.6 Å². The highest BCUT2D eigenvalue weighted by atomic mass is 19.4. The molecule has 0 saturated carbocycles. The summed E-state index contributed by atoms with van der Waals surface area (Å²) in [5.41, 5.74) is 7.33. The quantitative estimate of drug-likeness (QED) is 0.330. The zero-order chi connectivity index (χ0) is 28.6. The first-order valence-electron chi connectivity index (χ1n) is 12.6. The number of fused-ring (bicyclic) bond motifs is 1. The van der Waals surface area contributed by atoms with Crippen molar-refractivity contribution in [1.29, 1.82) is 0 Å². The van der Waals surface area contributed by atoms with Crippen molar-refractivity contribution in [1.82, 2.24) is 24.3 Å². The minimum absolute atomic E-state index is 0.120. The van der Waals surface area contributed by atoms with Gasteiger partial charge < -0.3 is 20.7 Å². The van der Waals surface area contributed by atoms with Gasteiger partial charge in [0, 0.05) is 42.2 Å². The summed E-state index contributed by atoms with van der Waals surface area (Å²) in [6.07, 6.45) is -0.0832. The molecule has 1 aliphatic heterocycles. The highest BCUT2D eigenvalue weighted by molar-refractivity contribution is 6.04. The lowest BCUT2D eigenvalue weighted by Gasteiger charge is -2.20. The molecule has 13 heteroatoms. The molecule has 10 nitrogen and oxygen atoms in total. The molecule has 0 radical (unpaired) electrons. The number of nitrogen functional groups attached to an aromatic ring is 1. The lowest BCUT2D eigenvalue weighted by atomic mass is 10.1. The summed E-state index contributed by atoms with van der Waals surface area (Å²) in [6.45, 7) is 4.76. The number of anilines is 2. The van der Waals surface area contributed by atoms with Crippen LogP contribution >= 0.6 is 0 Å². The van der Waals surface area contributed by atoms with E-state index in [1.54, 1.807) is 29.4 Å². The number of hydrogen-bond acceptors (Lipinski definition) is 7. The number of alkyl halides is 3. The fourth-order valence-corrected chi connectivity index (χ4v) is 4.70. The molecule has 4 aromatic rings. The molecule has 3 N–H and O–H groups in total. The summed E-state index contributed by atoms with van der Waals surface area (Å²) in [5, 5.41) is 2.39. The first-order valence-corrected chi connectivity index (χ1v) is 12.6. The van der Waals surface area contributed by atoms with E-state index >= 15 is 0 Å². The molecule has 40 heavy (non-hydrogen) atoms. The Morgan fingerprint density at radius 3 is 2.60 bits per heavy atom. The van der Waals surface area contributed by atoms with E-state index in [0.717, 1.165) is 18.3 Å². The minimum Gasteiger partial charge on any atom is -0.445 e. The van der Waals surface area contributed by atoms with E-state index in [4.69, 9.17) is 15.5 Å². The van der Waals surface area contributed by atoms with E-state index in [1.807, 2.05) is 18.2 Å². The highest BCUT2D eigenvalue weighted by Crippen LogP contribution is 2.33. The molecule has 2 amide bonds. The van der Waals surface area contributed by atoms with Gasteiger partial charge in [0.2, 0.25) is 0 Å². The number of benzene rings is 1. The van der Waals surface area contributed by atoms with Crippen LogP contribution < -0.4 is 11.1 Å². The number of pyridine rings is 1. The molecule has 1 fully saturated rings. The van der Waals surface area contributed by atoms with E-state index in [1.165, 1.54) is 12.1 Å². The molecule has 0 spiro atoms. The SMILES string of the molecule is CCC(CN1CC(C)OC1=O)c1nc(-c2ccc(C(=O)Nc3cc(C(F)(F)F)ccn3)cc2)c2c(N)nccn12. The summed E-state index contributed by atoms with van der Waals surface area (Å²) in [5.74, 6) is 0.0112. The highest BCUT2D eigenvalue weighted by Gasteiger charge is 2.32. The Labute approximate surface area is 227 Å². The summed E-state index contributed by atoms with van der Waals surface area (Å²) in [6, 6.07) is 8.02. The van der Waals surface area contributed by atoms with Gasteiger partial charge >= 0.3 is 12.3 Å². The molecule has 1 aliphatic rings. The van der Waals surface area contributed by atoms with Gasteiger partial charge in [0.15, 0.2) is 0 Å². The summed E-state index contributed by atoms with van der Waals surface area (Å²) < 4.78 is 46.1. The van der Waals surface area contributed by atoms with Crippen molar-refractivity contribution in [2.45, 2.75) is 38.5 Å².